The number of allylic oxidation sites excluding steroid dienone is 1. The van der Waals surface area contributed by atoms with Crippen LogP contribution >= 0.6 is 47.2 Å². The minimum Gasteiger partial charge on any atom is -0.276 e. The highest BCUT2D eigenvalue weighted by Crippen LogP contribution is 2.29. The average Bonchev–Trinajstić information content (AvgIpc) is 2.38. The van der Waals surface area contributed by atoms with Crippen molar-refractivity contribution in [2.45, 2.75) is 0 Å². The van der Waals surface area contributed by atoms with Gasteiger partial charge in [-0.25, -0.2) is 0 Å². The van der Waals surface area contributed by atoms with Crippen LogP contribution in [0, 0.1) is 0 Å². The van der Waals surface area contributed by atoms with E-state index >= 15 is 0 Å². The largest absolute Gasteiger partial charge is 0.276 e. The van der Waals surface area contributed by atoms with Crippen molar-refractivity contribution in [1.82, 2.24) is 4.98 Å². The van der Waals surface area contributed by atoms with Crippen molar-refractivity contribution in [3.63, 3.8) is 0 Å². The number of rotatable bonds is 3. The zero-order chi connectivity index (χ0) is 13.8. The van der Waals surface area contributed by atoms with Gasteiger partial charge in [0.1, 0.15) is 0 Å². The molecule has 20 heavy (non-hydrogen) atoms. The fourth-order valence-electron chi connectivity index (χ4n) is 1.58. The highest BCUT2D eigenvalue weighted by molar-refractivity contribution is 6.75. The second kappa shape index (κ2) is 7.65. The minimum absolute atomic E-state index is 0. The SMILES string of the molecule is Cl.O=C(Cl)/C(=C\c1cccnc1)c1ccc(Cl)cc1Cl. The number of benzene rings is 1. The maximum atomic E-state index is 11.6. The van der Waals surface area contributed by atoms with Gasteiger partial charge in [0.2, 0.25) is 0 Å². The van der Waals surface area contributed by atoms with E-state index in [2.05, 4.69) is 4.98 Å². The molecule has 0 aliphatic heterocycles. The molecular weight excluding hydrogens is 340 g/mol. The smallest absolute Gasteiger partial charge is 0.253 e. The van der Waals surface area contributed by atoms with E-state index in [4.69, 9.17) is 34.8 Å². The number of hydrogen-bond donors (Lipinski definition) is 0. The van der Waals surface area contributed by atoms with Gasteiger partial charge in [-0.2, -0.15) is 0 Å². The van der Waals surface area contributed by atoms with Crippen molar-refractivity contribution in [3.8, 4) is 0 Å². The Morgan fingerprint density at radius 1 is 1.20 bits per heavy atom. The number of aromatic nitrogens is 1. The lowest BCUT2D eigenvalue weighted by molar-refractivity contribution is -0.106. The van der Waals surface area contributed by atoms with E-state index in [1.54, 1.807) is 42.7 Å². The second-order valence-electron chi connectivity index (χ2n) is 3.74. The summed E-state index contributed by atoms with van der Waals surface area (Å²) < 4.78 is 0. The maximum Gasteiger partial charge on any atom is 0.253 e. The summed E-state index contributed by atoms with van der Waals surface area (Å²) in [5, 5.41) is 0.279. The van der Waals surface area contributed by atoms with Crippen LogP contribution in [0.2, 0.25) is 10.0 Å². The fourth-order valence-corrected chi connectivity index (χ4v) is 2.24. The van der Waals surface area contributed by atoms with E-state index in [9.17, 15) is 4.79 Å². The van der Waals surface area contributed by atoms with E-state index in [-0.39, 0.29) is 12.4 Å². The summed E-state index contributed by atoms with van der Waals surface area (Å²) in [6, 6.07) is 8.46. The molecule has 0 aliphatic carbocycles. The Bertz CT molecular complexity index is 641. The standard InChI is InChI=1S/C14H8Cl3NO.ClH/c15-10-3-4-11(13(16)7-10)12(14(17)19)6-9-2-1-5-18-8-9;/h1-8H;1H/b12-6-;. The summed E-state index contributed by atoms with van der Waals surface area (Å²) in [5.74, 6) is 0. The summed E-state index contributed by atoms with van der Waals surface area (Å²) in [6.45, 7) is 0. The van der Waals surface area contributed by atoms with E-state index in [1.807, 2.05) is 6.07 Å². The predicted octanol–water partition coefficient (Wildman–Crippen LogP) is 5.12. The molecule has 0 amide bonds. The molecule has 0 unspecified atom stereocenters. The fraction of sp³-hybridized carbons (Fsp3) is 0. The quantitative estimate of drug-likeness (QED) is 0.569. The number of carbonyl (C=O) groups is 1. The number of halogens is 4. The Labute approximate surface area is 137 Å². The predicted molar refractivity (Wildman–Crippen MR) is 86.7 cm³/mol. The van der Waals surface area contributed by atoms with Crippen molar-refractivity contribution in [2.75, 3.05) is 0 Å². The lowest BCUT2D eigenvalue weighted by Gasteiger charge is -2.06. The first-order valence-corrected chi connectivity index (χ1v) is 6.48. The molecule has 1 aromatic heterocycles. The van der Waals surface area contributed by atoms with Gasteiger partial charge >= 0.3 is 0 Å². The van der Waals surface area contributed by atoms with Crippen molar-refractivity contribution in [1.29, 1.82) is 0 Å². The molecule has 0 saturated carbocycles. The van der Waals surface area contributed by atoms with Crippen LogP contribution in [0.1, 0.15) is 11.1 Å². The van der Waals surface area contributed by atoms with Gasteiger partial charge in [0.15, 0.2) is 0 Å². The molecule has 2 rings (SSSR count). The molecule has 0 spiro atoms. The average molecular weight is 349 g/mol. The first-order chi connectivity index (χ1) is 9.08. The van der Waals surface area contributed by atoms with E-state index in [0.29, 0.717) is 21.2 Å². The molecule has 2 nitrogen and oxygen atoms in total. The normalized spacial score (nSPS) is 10.8. The number of carbonyl (C=O) groups excluding carboxylic acids is 1. The van der Waals surface area contributed by atoms with Crippen LogP contribution < -0.4 is 0 Å². The molecular formula is C14H9Cl4NO. The van der Waals surface area contributed by atoms with E-state index < -0.39 is 5.24 Å². The maximum absolute atomic E-state index is 11.6. The third-order valence-corrected chi connectivity index (χ3v) is 3.18. The minimum atomic E-state index is -0.590. The molecule has 6 heteroatoms. The zero-order valence-electron chi connectivity index (χ0n) is 10.0. The van der Waals surface area contributed by atoms with Crippen LogP contribution in [-0.4, -0.2) is 10.2 Å². The lowest BCUT2D eigenvalue weighted by atomic mass is 10.0. The number of hydrogen-bond acceptors (Lipinski definition) is 2. The van der Waals surface area contributed by atoms with Gasteiger partial charge in [-0.3, -0.25) is 9.78 Å². The van der Waals surface area contributed by atoms with Gasteiger partial charge in [0.05, 0.1) is 5.02 Å². The van der Waals surface area contributed by atoms with Crippen LogP contribution in [0.4, 0.5) is 0 Å². The van der Waals surface area contributed by atoms with Crippen LogP contribution in [-0.2, 0) is 4.79 Å². The van der Waals surface area contributed by atoms with Gasteiger partial charge in [-0.05, 0) is 41.4 Å². The first-order valence-electron chi connectivity index (χ1n) is 5.35. The molecule has 0 N–H and O–H groups in total. The summed E-state index contributed by atoms with van der Waals surface area (Å²) in [7, 11) is 0. The molecule has 0 atom stereocenters. The lowest BCUT2D eigenvalue weighted by Crippen LogP contribution is -1.94. The Morgan fingerprint density at radius 3 is 2.50 bits per heavy atom. The Morgan fingerprint density at radius 2 is 1.95 bits per heavy atom. The molecule has 1 heterocycles. The number of nitrogens with zero attached hydrogens (tertiary/aromatic N) is 1. The van der Waals surface area contributed by atoms with Crippen LogP contribution in [0.3, 0.4) is 0 Å². The second-order valence-corrected chi connectivity index (χ2v) is 4.93. The van der Waals surface area contributed by atoms with Gasteiger partial charge < -0.3 is 0 Å². The van der Waals surface area contributed by atoms with E-state index in [1.165, 1.54) is 0 Å². The molecule has 0 saturated heterocycles. The van der Waals surface area contributed by atoms with E-state index in [0.717, 1.165) is 5.56 Å². The summed E-state index contributed by atoms with van der Waals surface area (Å²) in [6.07, 6.45) is 4.91. The molecule has 0 fully saturated rings. The Hall–Kier alpha value is -1.06. The Balaban J connectivity index is 0.00000200. The topological polar surface area (TPSA) is 30.0 Å². The van der Waals surface area contributed by atoms with Gasteiger partial charge in [-0.15, -0.1) is 12.4 Å². The molecule has 0 bridgehead atoms. The van der Waals surface area contributed by atoms with Gasteiger partial charge in [-0.1, -0.05) is 35.3 Å². The molecule has 2 aromatic rings. The molecule has 0 radical (unpaired) electrons. The third kappa shape index (κ3) is 4.22. The summed E-state index contributed by atoms with van der Waals surface area (Å²) >= 11 is 17.5. The molecule has 1 aromatic carbocycles. The van der Waals surface area contributed by atoms with Gasteiger partial charge in [0.25, 0.3) is 5.24 Å². The van der Waals surface area contributed by atoms with Crippen LogP contribution in [0.5, 0.6) is 0 Å². The van der Waals surface area contributed by atoms with Crippen molar-refractivity contribution in [2.24, 2.45) is 0 Å². The number of pyridine rings is 1. The van der Waals surface area contributed by atoms with Crippen molar-refractivity contribution >= 4 is 64.1 Å². The molecule has 0 aliphatic rings. The van der Waals surface area contributed by atoms with Crippen LogP contribution in [0.15, 0.2) is 42.7 Å². The van der Waals surface area contributed by atoms with Gasteiger partial charge in [0, 0.05) is 28.6 Å². The highest BCUT2D eigenvalue weighted by atomic mass is 35.5. The molecule has 104 valence electrons. The highest BCUT2D eigenvalue weighted by Gasteiger charge is 2.13. The van der Waals surface area contributed by atoms with Crippen LogP contribution in [0.25, 0.3) is 11.6 Å². The third-order valence-electron chi connectivity index (χ3n) is 2.43. The monoisotopic (exact) mass is 347 g/mol. The van der Waals surface area contributed by atoms with Crippen molar-refractivity contribution < 1.29 is 4.79 Å². The summed E-state index contributed by atoms with van der Waals surface area (Å²) in [4.78, 5) is 15.5. The first kappa shape index (κ1) is 17.0. The summed E-state index contributed by atoms with van der Waals surface area (Å²) in [5.41, 5.74) is 1.60. The Kier molecular flexibility index (Phi) is 6.50. The zero-order valence-corrected chi connectivity index (χ0v) is 13.1. The van der Waals surface area contributed by atoms with Crippen molar-refractivity contribution in [3.05, 3.63) is 63.9 Å².